The van der Waals surface area contributed by atoms with Crippen molar-refractivity contribution in [2.24, 2.45) is 0 Å². The number of benzene rings is 1. The van der Waals surface area contributed by atoms with Crippen LogP contribution in [0.2, 0.25) is 0 Å². The van der Waals surface area contributed by atoms with Crippen molar-refractivity contribution in [3.63, 3.8) is 0 Å². The van der Waals surface area contributed by atoms with Crippen molar-refractivity contribution >= 4 is 10.0 Å². The van der Waals surface area contributed by atoms with E-state index in [0.717, 1.165) is 5.56 Å². The third kappa shape index (κ3) is 4.95. The van der Waals surface area contributed by atoms with E-state index in [4.69, 9.17) is 0 Å². The largest absolute Gasteiger partial charge is 0.251 e. The van der Waals surface area contributed by atoms with Crippen LogP contribution in [0.3, 0.4) is 0 Å². The molecule has 2 rings (SSSR count). The summed E-state index contributed by atoms with van der Waals surface area (Å²) in [6.45, 7) is 4.18. The predicted molar refractivity (Wildman–Crippen MR) is 81.3 cm³/mol. The van der Waals surface area contributed by atoms with Crippen LogP contribution in [0.15, 0.2) is 43.0 Å². The monoisotopic (exact) mass is 308 g/mol. The Bertz CT molecular complexity index is 641. The zero-order chi connectivity index (χ0) is 15.3. The van der Waals surface area contributed by atoms with E-state index < -0.39 is 10.0 Å². The van der Waals surface area contributed by atoms with Crippen LogP contribution in [0.4, 0.5) is 0 Å². The average molecular weight is 308 g/mol. The number of nitrogens with zero attached hydrogens (tertiary/aromatic N) is 3. The second-order valence-corrected chi connectivity index (χ2v) is 7.03. The Morgan fingerprint density at radius 3 is 2.57 bits per heavy atom. The van der Waals surface area contributed by atoms with Gasteiger partial charge in [-0.1, -0.05) is 37.3 Å². The highest BCUT2D eigenvalue weighted by atomic mass is 32.2. The lowest BCUT2D eigenvalue weighted by Crippen LogP contribution is -2.38. The third-order valence-corrected chi connectivity index (χ3v) is 4.85. The molecule has 1 N–H and O–H groups in total. The van der Waals surface area contributed by atoms with Gasteiger partial charge in [-0.15, -0.1) is 0 Å². The van der Waals surface area contributed by atoms with Crippen molar-refractivity contribution in [3.05, 3.63) is 48.5 Å². The Labute approximate surface area is 125 Å². The molecule has 0 fully saturated rings. The summed E-state index contributed by atoms with van der Waals surface area (Å²) in [6.07, 6.45) is 3.00. The Hall–Kier alpha value is -1.73. The van der Waals surface area contributed by atoms with E-state index >= 15 is 0 Å². The maximum Gasteiger partial charge on any atom is 0.212 e. The highest BCUT2D eigenvalue weighted by Crippen LogP contribution is 2.16. The minimum Gasteiger partial charge on any atom is -0.251 e. The van der Waals surface area contributed by atoms with Gasteiger partial charge in [0.2, 0.25) is 10.0 Å². The summed E-state index contributed by atoms with van der Waals surface area (Å²) in [6, 6.07) is 9.40. The number of hydrogen-bond donors (Lipinski definition) is 1. The fourth-order valence-corrected chi connectivity index (χ4v) is 3.84. The second kappa shape index (κ2) is 6.82. The van der Waals surface area contributed by atoms with Gasteiger partial charge in [0.1, 0.15) is 12.7 Å². The number of aromatic nitrogens is 3. The molecule has 0 aliphatic carbocycles. The van der Waals surface area contributed by atoms with E-state index in [2.05, 4.69) is 14.8 Å². The summed E-state index contributed by atoms with van der Waals surface area (Å²) in [4.78, 5) is 3.83. The van der Waals surface area contributed by atoms with Crippen LogP contribution in [-0.2, 0) is 16.6 Å². The van der Waals surface area contributed by atoms with E-state index in [1.807, 2.05) is 44.2 Å². The molecule has 114 valence electrons. The first kappa shape index (κ1) is 15.7. The summed E-state index contributed by atoms with van der Waals surface area (Å²) in [7, 11) is -3.34. The Morgan fingerprint density at radius 1 is 1.24 bits per heavy atom. The molecule has 1 aromatic heterocycles. The molecular weight excluding hydrogens is 288 g/mol. The first-order chi connectivity index (χ1) is 9.96. The molecule has 0 radical (unpaired) electrons. The van der Waals surface area contributed by atoms with Crippen molar-refractivity contribution in [1.29, 1.82) is 0 Å². The lowest BCUT2D eigenvalue weighted by atomic mass is 10.0. The SMILES string of the molecule is C[C@@H](Cn1cncn1)NS(=O)(=O)C[C@H](C)c1ccccc1. The fraction of sp³-hybridized carbons (Fsp3) is 0.429. The Kier molecular flexibility index (Phi) is 5.08. The molecule has 21 heavy (non-hydrogen) atoms. The van der Waals surface area contributed by atoms with Crippen LogP contribution in [0, 0.1) is 0 Å². The van der Waals surface area contributed by atoms with Gasteiger partial charge in [-0.25, -0.2) is 18.1 Å². The first-order valence-electron chi connectivity index (χ1n) is 6.83. The highest BCUT2D eigenvalue weighted by Gasteiger charge is 2.19. The van der Waals surface area contributed by atoms with E-state index in [1.54, 1.807) is 11.0 Å². The van der Waals surface area contributed by atoms with Crippen LogP contribution in [-0.4, -0.2) is 35.0 Å². The minimum atomic E-state index is -3.34. The van der Waals surface area contributed by atoms with E-state index in [-0.39, 0.29) is 17.7 Å². The molecule has 7 heteroatoms. The molecule has 6 nitrogen and oxygen atoms in total. The quantitative estimate of drug-likeness (QED) is 0.838. The molecule has 2 atom stereocenters. The maximum absolute atomic E-state index is 12.2. The third-order valence-electron chi connectivity index (χ3n) is 3.15. The van der Waals surface area contributed by atoms with E-state index in [0.29, 0.717) is 6.54 Å². The van der Waals surface area contributed by atoms with Crippen LogP contribution in [0.1, 0.15) is 25.3 Å². The van der Waals surface area contributed by atoms with E-state index in [1.165, 1.54) is 6.33 Å². The summed E-state index contributed by atoms with van der Waals surface area (Å²) in [5.74, 6) is 0.0147. The first-order valence-corrected chi connectivity index (χ1v) is 8.49. The smallest absolute Gasteiger partial charge is 0.212 e. The van der Waals surface area contributed by atoms with Crippen molar-refractivity contribution in [1.82, 2.24) is 19.5 Å². The number of rotatable bonds is 7. The summed E-state index contributed by atoms with van der Waals surface area (Å²) in [5.41, 5.74) is 1.02. The normalized spacial score (nSPS) is 14.8. The van der Waals surface area contributed by atoms with Crippen molar-refractivity contribution < 1.29 is 8.42 Å². The number of nitrogens with one attached hydrogen (secondary N) is 1. The second-order valence-electron chi connectivity index (χ2n) is 5.23. The maximum atomic E-state index is 12.2. The Balaban J connectivity index is 1.92. The lowest BCUT2D eigenvalue weighted by Gasteiger charge is -2.17. The van der Waals surface area contributed by atoms with Crippen molar-refractivity contribution in [2.75, 3.05) is 5.75 Å². The predicted octanol–water partition coefficient (Wildman–Crippen LogP) is 1.39. The van der Waals surface area contributed by atoms with Crippen LogP contribution < -0.4 is 4.72 Å². The van der Waals surface area contributed by atoms with E-state index in [9.17, 15) is 8.42 Å². The van der Waals surface area contributed by atoms with Crippen molar-refractivity contribution in [3.8, 4) is 0 Å². The molecule has 0 bridgehead atoms. The summed E-state index contributed by atoms with van der Waals surface area (Å²) in [5, 5.41) is 3.97. The van der Waals surface area contributed by atoms with Gasteiger partial charge in [-0.3, -0.25) is 4.68 Å². The summed E-state index contributed by atoms with van der Waals surface area (Å²) >= 11 is 0. The zero-order valence-corrected chi connectivity index (χ0v) is 13.0. The van der Waals surface area contributed by atoms with Gasteiger partial charge in [-0.05, 0) is 18.4 Å². The highest BCUT2D eigenvalue weighted by molar-refractivity contribution is 7.89. The van der Waals surface area contributed by atoms with Gasteiger partial charge in [0.25, 0.3) is 0 Å². The molecule has 0 saturated heterocycles. The molecule has 0 aliphatic heterocycles. The minimum absolute atomic E-state index is 0.0535. The zero-order valence-electron chi connectivity index (χ0n) is 12.2. The lowest BCUT2D eigenvalue weighted by molar-refractivity contribution is 0.491. The average Bonchev–Trinajstić information content (AvgIpc) is 2.91. The molecule has 1 heterocycles. The topological polar surface area (TPSA) is 76.9 Å². The number of hydrogen-bond acceptors (Lipinski definition) is 4. The van der Waals surface area contributed by atoms with Crippen molar-refractivity contribution in [2.45, 2.75) is 32.4 Å². The van der Waals surface area contributed by atoms with Crippen LogP contribution in [0.5, 0.6) is 0 Å². The molecule has 1 aromatic carbocycles. The van der Waals surface area contributed by atoms with Gasteiger partial charge in [0, 0.05) is 6.04 Å². The van der Waals surface area contributed by atoms with Gasteiger partial charge >= 0.3 is 0 Å². The molecule has 0 saturated carbocycles. The fourth-order valence-electron chi connectivity index (χ4n) is 2.21. The molecule has 0 spiro atoms. The van der Waals surface area contributed by atoms with Gasteiger partial charge in [0.05, 0.1) is 12.3 Å². The Morgan fingerprint density at radius 2 is 1.95 bits per heavy atom. The summed E-state index contributed by atoms with van der Waals surface area (Å²) < 4.78 is 28.7. The van der Waals surface area contributed by atoms with Crippen LogP contribution >= 0.6 is 0 Å². The van der Waals surface area contributed by atoms with Gasteiger partial charge < -0.3 is 0 Å². The number of sulfonamides is 1. The molecule has 0 aliphatic rings. The van der Waals surface area contributed by atoms with Crippen LogP contribution in [0.25, 0.3) is 0 Å². The van der Waals surface area contributed by atoms with Gasteiger partial charge in [-0.2, -0.15) is 5.10 Å². The molecule has 2 aromatic rings. The molecule has 0 unspecified atom stereocenters. The molecular formula is C14H20N4O2S. The van der Waals surface area contributed by atoms with Gasteiger partial charge in [0.15, 0.2) is 0 Å². The molecule has 0 amide bonds. The standard InChI is InChI=1S/C14H20N4O2S/c1-12(14-6-4-3-5-7-14)9-21(19,20)17-13(2)8-18-11-15-10-16-18/h3-7,10-13,17H,8-9H2,1-2H3/t12-,13-/m0/s1.